The largest absolute Gasteiger partial charge is 0.392 e. The molecule has 1 aliphatic heterocycles. The number of hydrogen-bond acceptors (Lipinski definition) is 4. The molecule has 0 atom stereocenters. The molecule has 0 bridgehead atoms. The normalized spacial score (nSPS) is 15.8. The van der Waals surface area contributed by atoms with E-state index in [2.05, 4.69) is 9.88 Å². The third-order valence-electron chi connectivity index (χ3n) is 1.88. The minimum Gasteiger partial charge on any atom is -0.392 e. The van der Waals surface area contributed by atoms with Crippen LogP contribution in [0.4, 0.5) is 0 Å². The Morgan fingerprint density at radius 2 is 2.43 bits per heavy atom. The summed E-state index contributed by atoms with van der Waals surface area (Å²) in [6.45, 7) is 0.831. The molecule has 2 heterocycles. The molecular weight excluding hydrogens is 218 g/mol. The van der Waals surface area contributed by atoms with Gasteiger partial charge in [-0.05, 0) is 11.6 Å². The molecule has 1 aromatic rings. The first-order valence-electron chi connectivity index (χ1n) is 4.18. The highest BCUT2D eigenvalue weighted by molar-refractivity contribution is 8.03. The minimum absolute atomic E-state index is 0.527. The number of nitrogens with zero attached hydrogens (tertiary/aromatic N) is 2. The lowest BCUT2D eigenvalue weighted by Crippen LogP contribution is -2.12. The average Bonchev–Trinajstić information content (AvgIpc) is 2.56. The number of aromatic nitrogens is 1. The molecule has 74 valence electrons. The molecule has 2 rings (SSSR count). The fraction of sp³-hybridized carbons (Fsp3) is 0.222. The molecule has 2 N–H and O–H groups in total. The van der Waals surface area contributed by atoms with Crippen molar-refractivity contribution >= 4 is 23.4 Å². The van der Waals surface area contributed by atoms with Gasteiger partial charge in [-0.3, -0.25) is 0 Å². The number of rotatable bonds is 2. The van der Waals surface area contributed by atoms with E-state index in [-0.39, 0.29) is 0 Å². The molecule has 0 fully saturated rings. The van der Waals surface area contributed by atoms with Crippen molar-refractivity contribution in [3.8, 4) is 0 Å². The summed E-state index contributed by atoms with van der Waals surface area (Å²) in [6, 6.07) is 3.77. The van der Waals surface area contributed by atoms with E-state index in [4.69, 9.17) is 17.3 Å². The van der Waals surface area contributed by atoms with Crippen LogP contribution in [0.2, 0.25) is 5.15 Å². The van der Waals surface area contributed by atoms with Gasteiger partial charge in [0, 0.05) is 18.9 Å². The maximum atomic E-state index is 5.69. The van der Waals surface area contributed by atoms with Gasteiger partial charge in [0.2, 0.25) is 0 Å². The third-order valence-corrected chi connectivity index (χ3v) is 3.00. The van der Waals surface area contributed by atoms with Gasteiger partial charge in [0.1, 0.15) is 5.15 Å². The maximum absolute atomic E-state index is 5.69. The summed E-state index contributed by atoms with van der Waals surface area (Å²) in [5.41, 5.74) is 6.79. The summed E-state index contributed by atoms with van der Waals surface area (Å²) < 4.78 is 0. The predicted octanol–water partition coefficient (Wildman–Crippen LogP) is 2.00. The topological polar surface area (TPSA) is 42.1 Å². The first-order chi connectivity index (χ1) is 6.74. The van der Waals surface area contributed by atoms with Gasteiger partial charge in [-0.2, -0.15) is 0 Å². The second-order valence-corrected chi connectivity index (χ2v) is 4.45. The fourth-order valence-electron chi connectivity index (χ4n) is 1.24. The molecule has 0 aromatic carbocycles. The summed E-state index contributed by atoms with van der Waals surface area (Å²) in [4.78, 5) is 6.16. The lowest BCUT2D eigenvalue weighted by Gasteiger charge is -2.13. The Balaban J connectivity index is 2.01. The van der Waals surface area contributed by atoms with Gasteiger partial charge in [-0.15, -0.1) is 0 Å². The SMILES string of the molecule is NC1=CN(Cc2ccc(Cl)nc2)CS1. The van der Waals surface area contributed by atoms with E-state index in [1.165, 1.54) is 0 Å². The lowest BCUT2D eigenvalue weighted by atomic mass is 10.3. The van der Waals surface area contributed by atoms with Crippen molar-refractivity contribution < 1.29 is 0 Å². The van der Waals surface area contributed by atoms with Crippen molar-refractivity contribution in [2.45, 2.75) is 6.54 Å². The zero-order valence-electron chi connectivity index (χ0n) is 7.48. The van der Waals surface area contributed by atoms with E-state index >= 15 is 0 Å². The van der Waals surface area contributed by atoms with Gasteiger partial charge in [-0.25, -0.2) is 4.98 Å². The Hall–Kier alpha value is -0.870. The van der Waals surface area contributed by atoms with Crippen LogP contribution in [0.15, 0.2) is 29.6 Å². The van der Waals surface area contributed by atoms with Crippen molar-refractivity contribution in [3.63, 3.8) is 0 Å². The monoisotopic (exact) mass is 227 g/mol. The first kappa shape index (κ1) is 9.68. The van der Waals surface area contributed by atoms with Crippen molar-refractivity contribution in [2.24, 2.45) is 5.73 Å². The Labute approximate surface area is 91.9 Å². The second kappa shape index (κ2) is 4.11. The first-order valence-corrected chi connectivity index (χ1v) is 5.55. The van der Waals surface area contributed by atoms with Crippen LogP contribution in [0, 0.1) is 0 Å². The average molecular weight is 228 g/mol. The summed E-state index contributed by atoms with van der Waals surface area (Å²) in [6.07, 6.45) is 3.74. The summed E-state index contributed by atoms with van der Waals surface area (Å²) in [5.74, 6) is 0.911. The quantitative estimate of drug-likeness (QED) is 0.785. The Morgan fingerprint density at radius 3 is 3.00 bits per heavy atom. The molecule has 5 heteroatoms. The van der Waals surface area contributed by atoms with E-state index in [0.29, 0.717) is 5.15 Å². The van der Waals surface area contributed by atoms with Crippen LogP contribution in [0.3, 0.4) is 0 Å². The van der Waals surface area contributed by atoms with Gasteiger partial charge < -0.3 is 10.6 Å². The molecule has 0 unspecified atom stereocenters. The van der Waals surface area contributed by atoms with E-state index in [0.717, 1.165) is 23.0 Å². The zero-order valence-corrected chi connectivity index (χ0v) is 9.05. The van der Waals surface area contributed by atoms with Gasteiger partial charge in [0.05, 0.1) is 10.9 Å². The smallest absolute Gasteiger partial charge is 0.129 e. The number of pyridine rings is 1. The molecule has 0 saturated carbocycles. The minimum atomic E-state index is 0.527. The van der Waals surface area contributed by atoms with Crippen LogP contribution in [0.5, 0.6) is 0 Å². The Kier molecular flexibility index (Phi) is 2.84. The molecule has 0 amide bonds. The molecule has 3 nitrogen and oxygen atoms in total. The Morgan fingerprint density at radius 1 is 1.57 bits per heavy atom. The van der Waals surface area contributed by atoms with E-state index < -0.39 is 0 Å². The molecule has 1 aromatic heterocycles. The van der Waals surface area contributed by atoms with Gasteiger partial charge >= 0.3 is 0 Å². The van der Waals surface area contributed by atoms with Crippen molar-refractivity contribution in [1.29, 1.82) is 0 Å². The molecule has 14 heavy (non-hydrogen) atoms. The lowest BCUT2D eigenvalue weighted by molar-refractivity contribution is 0.439. The molecule has 0 aliphatic carbocycles. The summed E-state index contributed by atoms with van der Waals surface area (Å²) >= 11 is 7.34. The summed E-state index contributed by atoms with van der Waals surface area (Å²) in [5, 5.41) is 1.39. The Bertz CT molecular complexity index is 350. The zero-order chi connectivity index (χ0) is 9.97. The van der Waals surface area contributed by atoms with Crippen LogP contribution in [0.25, 0.3) is 0 Å². The van der Waals surface area contributed by atoms with Crippen LogP contribution in [-0.4, -0.2) is 15.8 Å². The van der Waals surface area contributed by atoms with Gasteiger partial charge in [0.25, 0.3) is 0 Å². The molecular formula is C9H10ClN3S. The molecule has 0 spiro atoms. The standard InChI is InChI=1S/C9H10ClN3S/c10-8-2-1-7(3-12-8)4-13-5-9(11)14-6-13/h1-3,5H,4,6,11H2. The van der Waals surface area contributed by atoms with Crippen LogP contribution in [0.1, 0.15) is 5.56 Å². The second-order valence-electron chi connectivity index (χ2n) is 3.04. The number of nitrogens with two attached hydrogens (primary N) is 1. The van der Waals surface area contributed by atoms with Gasteiger partial charge in [-0.1, -0.05) is 29.4 Å². The highest BCUT2D eigenvalue weighted by Crippen LogP contribution is 2.22. The predicted molar refractivity (Wildman–Crippen MR) is 59.5 cm³/mol. The third kappa shape index (κ3) is 2.33. The van der Waals surface area contributed by atoms with Crippen LogP contribution >= 0.6 is 23.4 Å². The molecule has 1 aliphatic rings. The number of hydrogen-bond donors (Lipinski definition) is 1. The highest BCUT2D eigenvalue weighted by Gasteiger charge is 2.10. The van der Waals surface area contributed by atoms with Crippen LogP contribution < -0.4 is 5.73 Å². The van der Waals surface area contributed by atoms with Crippen molar-refractivity contribution in [1.82, 2.24) is 9.88 Å². The van der Waals surface area contributed by atoms with Gasteiger partial charge in [0.15, 0.2) is 0 Å². The van der Waals surface area contributed by atoms with Crippen LogP contribution in [-0.2, 0) is 6.54 Å². The van der Waals surface area contributed by atoms with E-state index in [1.54, 1.807) is 24.0 Å². The number of thioether (sulfide) groups is 1. The van der Waals surface area contributed by atoms with E-state index in [9.17, 15) is 0 Å². The highest BCUT2D eigenvalue weighted by atomic mass is 35.5. The fourth-order valence-corrected chi connectivity index (χ4v) is 2.05. The molecule has 0 radical (unpaired) electrons. The number of halogens is 1. The van der Waals surface area contributed by atoms with Crippen molar-refractivity contribution in [2.75, 3.05) is 5.88 Å². The maximum Gasteiger partial charge on any atom is 0.129 e. The van der Waals surface area contributed by atoms with Crippen molar-refractivity contribution in [3.05, 3.63) is 40.3 Å². The van der Waals surface area contributed by atoms with E-state index in [1.807, 2.05) is 12.3 Å². The summed E-state index contributed by atoms with van der Waals surface area (Å²) in [7, 11) is 0. The molecule has 0 saturated heterocycles.